The fourth-order valence-corrected chi connectivity index (χ4v) is 3.34. The molecular formula is C21H21BrClN3O3. The minimum atomic E-state index is -0.261. The van der Waals surface area contributed by atoms with Gasteiger partial charge in [-0.15, -0.1) is 0 Å². The van der Waals surface area contributed by atoms with Crippen LogP contribution in [-0.4, -0.2) is 29.1 Å². The van der Waals surface area contributed by atoms with Crippen LogP contribution in [0.1, 0.15) is 31.7 Å². The zero-order valence-electron chi connectivity index (χ0n) is 16.6. The van der Waals surface area contributed by atoms with Gasteiger partial charge in [0.1, 0.15) is 5.82 Å². The van der Waals surface area contributed by atoms with E-state index in [0.29, 0.717) is 38.8 Å². The van der Waals surface area contributed by atoms with Gasteiger partial charge in [-0.1, -0.05) is 34.5 Å². The second-order valence-corrected chi connectivity index (χ2v) is 7.90. The van der Waals surface area contributed by atoms with Gasteiger partial charge in [-0.25, -0.2) is 4.98 Å². The van der Waals surface area contributed by atoms with E-state index in [4.69, 9.17) is 21.1 Å². The Morgan fingerprint density at radius 1 is 1.34 bits per heavy atom. The quantitative estimate of drug-likeness (QED) is 0.457. The van der Waals surface area contributed by atoms with Gasteiger partial charge in [0.15, 0.2) is 11.5 Å². The Kier molecular flexibility index (Phi) is 6.59. The molecule has 0 fully saturated rings. The highest BCUT2D eigenvalue weighted by Gasteiger charge is 2.15. The lowest BCUT2D eigenvalue weighted by atomic mass is 10.2. The van der Waals surface area contributed by atoms with Gasteiger partial charge < -0.3 is 9.47 Å². The van der Waals surface area contributed by atoms with Crippen LogP contribution < -0.4 is 15.0 Å². The van der Waals surface area contributed by atoms with E-state index < -0.39 is 0 Å². The van der Waals surface area contributed by atoms with Crippen molar-refractivity contribution in [2.24, 2.45) is 5.10 Å². The van der Waals surface area contributed by atoms with Gasteiger partial charge in [-0.05, 0) is 44.5 Å². The number of aromatic nitrogens is 2. The molecule has 8 heteroatoms. The number of methoxy groups -OCH3 is 1. The van der Waals surface area contributed by atoms with Crippen molar-refractivity contribution in [2.75, 3.05) is 7.11 Å². The van der Waals surface area contributed by atoms with Crippen LogP contribution in [0.25, 0.3) is 10.9 Å². The molecule has 0 amide bonds. The highest BCUT2D eigenvalue weighted by molar-refractivity contribution is 9.10. The average Bonchev–Trinajstić information content (AvgIpc) is 2.69. The molecule has 0 bridgehead atoms. The van der Waals surface area contributed by atoms with Crippen LogP contribution in [-0.2, 0) is 0 Å². The van der Waals surface area contributed by atoms with E-state index in [-0.39, 0.29) is 11.7 Å². The van der Waals surface area contributed by atoms with Crippen LogP contribution in [0.2, 0.25) is 5.02 Å². The Hall–Kier alpha value is -2.38. The van der Waals surface area contributed by atoms with Crippen LogP contribution in [0.5, 0.6) is 11.5 Å². The van der Waals surface area contributed by atoms with Gasteiger partial charge >= 0.3 is 0 Å². The summed E-state index contributed by atoms with van der Waals surface area (Å²) in [7, 11) is 1.55. The van der Waals surface area contributed by atoms with E-state index in [2.05, 4.69) is 26.0 Å². The third kappa shape index (κ3) is 4.62. The van der Waals surface area contributed by atoms with Crippen molar-refractivity contribution < 1.29 is 9.47 Å². The van der Waals surface area contributed by atoms with Gasteiger partial charge in [0.25, 0.3) is 5.56 Å². The average molecular weight is 479 g/mol. The molecule has 1 atom stereocenters. The molecule has 0 N–H and O–H groups in total. The molecule has 0 radical (unpaired) electrons. The zero-order chi connectivity index (χ0) is 21.1. The number of nitrogens with zero attached hydrogens (tertiary/aromatic N) is 3. The van der Waals surface area contributed by atoms with Crippen molar-refractivity contribution in [1.29, 1.82) is 0 Å². The Morgan fingerprint density at radius 3 is 2.79 bits per heavy atom. The Bertz CT molecular complexity index is 1140. The molecular weight excluding hydrogens is 458 g/mol. The fraction of sp³-hybridized carbons (Fsp3) is 0.286. The lowest BCUT2D eigenvalue weighted by molar-refractivity contribution is 0.207. The molecule has 1 heterocycles. The fourth-order valence-electron chi connectivity index (χ4n) is 2.76. The standard InChI is InChI=1S/C21H21BrClN3O3/c1-5-12(2)29-20-14(8-16(23)10-19(20)28-4)11-24-26-13(3)25-18-7-6-15(22)9-17(18)21(26)27/h6-12H,5H2,1-4H3/t12-/m1/s1. The molecule has 0 unspecified atom stereocenters. The van der Waals surface area contributed by atoms with Crippen molar-refractivity contribution in [2.45, 2.75) is 33.3 Å². The first kappa shape index (κ1) is 21.3. The molecule has 152 valence electrons. The number of halogens is 2. The molecule has 6 nitrogen and oxygen atoms in total. The monoisotopic (exact) mass is 477 g/mol. The summed E-state index contributed by atoms with van der Waals surface area (Å²) >= 11 is 9.62. The van der Waals surface area contributed by atoms with E-state index in [0.717, 1.165) is 10.9 Å². The van der Waals surface area contributed by atoms with E-state index in [1.807, 2.05) is 19.9 Å². The van der Waals surface area contributed by atoms with Gasteiger partial charge in [0, 0.05) is 21.1 Å². The molecule has 29 heavy (non-hydrogen) atoms. The summed E-state index contributed by atoms with van der Waals surface area (Å²) in [5.74, 6) is 1.50. The van der Waals surface area contributed by atoms with Crippen LogP contribution in [0, 0.1) is 6.92 Å². The Morgan fingerprint density at radius 2 is 2.10 bits per heavy atom. The molecule has 1 aromatic heterocycles. The SMILES string of the molecule is CC[C@@H](C)Oc1c(C=Nn2c(C)nc3ccc(Br)cc3c2=O)cc(Cl)cc1OC. The van der Waals surface area contributed by atoms with Gasteiger partial charge in [-0.3, -0.25) is 4.79 Å². The summed E-state index contributed by atoms with van der Waals surface area (Å²) in [6.07, 6.45) is 2.33. The van der Waals surface area contributed by atoms with Crippen LogP contribution >= 0.6 is 27.5 Å². The van der Waals surface area contributed by atoms with Crippen LogP contribution in [0.4, 0.5) is 0 Å². The van der Waals surface area contributed by atoms with E-state index >= 15 is 0 Å². The van der Waals surface area contributed by atoms with Gasteiger partial charge in [-0.2, -0.15) is 9.78 Å². The lowest BCUT2D eigenvalue weighted by Gasteiger charge is -2.18. The summed E-state index contributed by atoms with van der Waals surface area (Å²) in [6.45, 7) is 5.73. The minimum absolute atomic E-state index is 0.0265. The largest absolute Gasteiger partial charge is 0.493 e. The topological polar surface area (TPSA) is 65.7 Å². The third-order valence-corrected chi connectivity index (χ3v) is 5.16. The first-order valence-corrected chi connectivity index (χ1v) is 10.3. The maximum atomic E-state index is 12.9. The van der Waals surface area contributed by atoms with Crippen molar-refractivity contribution in [3.05, 3.63) is 61.6 Å². The summed E-state index contributed by atoms with van der Waals surface area (Å²) in [4.78, 5) is 17.4. The van der Waals surface area contributed by atoms with E-state index in [1.54, 1.807) is 38.3 Å². The van der Waals surface area contributed by atoms with Crippen molar-refractivity contribution in [1.82, 2.24) is 9.66 Å². The maximum Gasteiger partial charge on any atom is 0.282 e. The number of fused-ring (bicyclic) bond motifs is 1. The van der Waals surface area contributed by atoms with Crippen molar-refractivity contribution >= 4 is 44.6 Å². The molecule has 0 spiro atoms. The third-order valence-electron chi connectivity index (χ3n) is 4.44. The van der Waals surface area contributed by atoms with Crippen molar-refractivity contribution in [3.63, 3.8) is 0 Å². The summed E-state index contributed by atoms with van der Waals surface area (Å²) < 4.78 is 13.5. The number of aryl methyl sites for hydroxylation is 1. The highest BCUT2D eigenvalue weighted by atomic mass is 79.9. The summed E-state index contributed by atoms with van der Waals surface area (Å²) in [6, 6.07) is 8.77. The molecule has 0 saturated carbocycles. The molecule has 0 aliphatic carbocycles. The minimum Gasteiger partial charge on any atom is -0.493 e. The second-order valence-electron chi connectivity index (χ2n) is 6.55. The predicted molar refractivity (Wildman–Crippen MR) is 120 cm³/mol. The van der Waals surface area contributed by atoms with Crippen LogP contribution in [0.3, 0.4) is 0 Å². The first-order valence-electron chi connectivity index (χ1n) is 9.11. The Balaban J connectivity index is 2.12. The van der Waals surface area contributed by atoms with Gasteiger partial charge in [0.05, 0.1) is 30.3 Å². The van der Waals surface area contributed by atoms with Crippen LogP contribution in [0.15, 0.2) is 44.7 Å². The molecule has 2 aromatic carbocycles. The maximum absolute atomic E-state index is 12.9. The number of rotatable bonds is 6. The van der Waals surface area contributed by atoms with Gasteiger partial charge in [0.2, 0.25) is 0 Å². The summed E-state index contributed by atoms with van der Waals surface area (Å²) in [5, 5.41) is 5.32. The number of benzene rings is 2. The van der Waals surface area contributed by atoms with E-state index in [9.17, 15) is 4.79 Å². The highest BCUT2D eigenvalue weighted by Crippen LogP contribution is 2.35. The number of hydrogen-bond acceptors (Lipinski definition) is 5. The first-order chi connectivity index (χ1) is 13.8. The van der Waals surface area contributed by atoms with Crippen molar-refractivity contribution in [3.8, 4) is 11.5 Å². The lowest BCUT2D eigenvalue weighted by Crippen LogP contribution is -2.20. The number of ether oxygens (including phenoxy) is 2. The summed E-state index contributed by atoms with van der Waals surface area (Å²) in [5.41, 5.74) is 0.964. The molecule has 0 saturated heterocycles. The van der Waals surface area contributed by atoms with E-state index in [1.165, 1.54) is 10.9 Å². The normalized spacial score (nSPS) is 12.5. The molecule has 0 aliphatic heterocycles. The molecule has 3 rings (SSSR count). The second kappa shape index (κ2) is 8.97. The molecule has 0 aliphatic rings. The Labute approximate surface area is 182 Å². The zero-order valence-corrected chi connectivity index (χ0v) is 18.9. The number of hydrogen-bond donors (Lipinski definition) is 0. The molecule has 3 aromatic rings. The predicted octanol–water partition coefficient (Wildman–Crippen LogP) is 5.19. The smallest absolute Gasteiger partial charge is 0.282 e.